The summed E-state index contributed by atoms with van der Waals surface area (Å²) in [7, 11) is 0. The monoisotopic (exact) mass is 302 g/mol. The lowest BCUT2D eigenvalue weighted by molar-refractivity contribution is 0.0944. The number of anilines is 2. The zero-order valence-electron chi connectivity index (χ0n) is 11.7. The summed E-state index contributed by atoms with van der Waals surface area (Å²) in [6.45, 7) is 6.88. The Morgan fingerprint density at radius 2 is 2.26 bits per heavy atom. The van der Waals surface area contributed by atoms with Gasteiger partial charge in [-0.15, -0.1) is 0 Å². The van der Waals surface area contributed by atoms with Gasteiger partial charge in [0.1, 0.15) is 10.7 Å². The molecule has 1 aromatic rings. The number of hydrogen-bond donors (Lipinski definition) is 3. The van der Waals surface area contributed by atoms with Gasteiger partial charge in [0.05, 0.1) is 0 Å². The van der Waals surface area contributed by atoms with Gasteiger partial charge in [0.15, 0.2) is 5.13 Å². The van der Waals surface area contributed by atoms with Crippen LogP contribution in [0.15, 0.2) is 0 Å². The first-order valence-corrected chi connectivity index (χ1v) is 8.44. The molecule has 0 bridgehead atoms. The second-order valence-corrected chi connectivity index (χ2v) is 6.52. The van der Waals surface area contributed by atoms with Gasteiger partial charge in [0.2, 0.25) is 0 Å². The number of carbonyl (C=O) groups is 1. The molecule has 19 heavy (non-hydrogen) atoms. The predicted octanol–water partition coefficient (Wildman–Crippen LogP) is 2.42. The number of thiazole rings is 1. The van der Waals surface area contributed by atoms with E-state index in [1.54, 1.807) is 0 Å². The highest BCUT2D eigenvalue weighted by molar-refractivity contribution is 7.99. The van der Waals surface area contributed by atoms with Gasteiger partial charge in [0, 0.05) is 12.6 Å². The molecule has 0 aliphatic carbocycles. The van der Waals surface area contributed by atoms with E-state index in [0.717, 1.165) is 24.5 Å². The van der Waals surface area contributed by atoms with Crippen LogP contribution < -0.4 is 16.4 Å². The molecule has 1 amide bonds. The lowest BCUT2D eigenvalue weighted by Crippen LogP contribution is -2.32. The van der Waals surface area contributed by atoms with Crippen molar-refractivity contribution < 1.29 is 4.79 Å². The largest absolute Gasteiger partial charge is 0.382 e. The molecule has 0 fully saturated rings. The molecule has 0 aliphatic rings. The van der Waals surface area contributed by atoms with Crippen LogP contribution in [0.2, 0.25) is 0 Å². The highest BCUT2D eigenvalue weighted by Gasteiger charge is 2.17. The molecule has 7 heteroatoms. The van der Waals surface area contributed by atoms with Crippen molar-refractivity contribution in [3.8, 4) is 0 Å². The molecule has 1 atom stereocenters. The molecule has 5 nitrogen and oxygen atoms in total. The molecule has 0 saturated heterocycles. The number of nitrogens with one attached hydrogen (secondary N) is 2. The van der Waals surface area contributed by atoms with E-state index in [0.29, 0.717) is 15.8 Å². The van der Waals surface area contributed by atoms with Crippen LogP contribution in [-0.4, -0.2) is 35.0 Å². The maximum atomic E-state index is 12.1. The van der Waals surface area contributed by atoms with Crippen molar-refractivity contribution in [1.29, 1.82) is 0 Å². The third-order valence-electron chi connectivity index (χ3n) is 2.46. The van der Waals surface area contributed by atoms with E-state index < -0.39 is 0 Å². The Kier molecular flexibility index (Phi) is 7.01. The molecule has 1 rings (SSSR count). The number of aromatic nitrogens is 1. The zero-order chi connectivity index (χ0) is 14.3. The number of carbonyl (C=O) groups excluding carboxylic acids is 1. The van der Waals surface area contributed by atoms with Crippen LogP contribution in [0.5, 0.6) is 0 Å². The first kappa shape index (κ1) is 16.1. The van der Waals surface area contributed by atoms with E-state index in [4.69, 9.17) is 5.73 Å². The number of rotatable bonds is 8. The van der Waals surface area contributed by atoms with E-state index in [1.807, 2.05) is 25.6 Å². The fraction of sp³-hybridized carbons (Fsp3) is 0.667. The summed E-state index contributed by atoms with van der Waals surface area (Å²) in [6.07, 6.45) is 0.961. The minimum Gasteiger partial charge on any atom is -0.382 e. The Balaban J connectivity index is 2.52. The molecule has 0 spiro atoms. The van der Waals surface area contributed by atoms with Crippen LogP contribution in [0.4, 0.5) is 10.9 Å². The Labute approximate surface area is 122 Å². The molecular weight excluding hydrogens is 280 g/mol. The van der Waals surface area contributed by atoms with Crippen LogP contribution >= 0.6 is 23.1 Å². The minimum atomic E-state index is -0.131. The molecule has 0 aliphatic heterocycles. The van der Waals surface area contributed by atoms with Crippen LogP contribution in [0, 0.1) is 0 Å². The van der Waals surface area contributed by atoms with Gasteiger partial charge in [-0.25, -0.2) is 4.98 Å². The van der Waals surface area contributed by atoms with Crippen molar-refractivity contribution >= 4 is 40.0 Å². The molecule has 1 aromatic heterocycles. The molecular formula is C12H22N4OS2. The molecule has 1 heterocycles. The molecule has 0 aromatic carbocycles. The number of nitrogens with two attached hydrogens (primary N) is 1. The van der Waals surface area contributed by atoms with Gasteiger partial charge in [-0.2, -0.15) is 11.8 Å². The van der Waals surface area contributed by atoms with Crippen molar-refractivity contribution in [2.24, 2.45) is 0 Å². The van der Waals surface area contributed by atoms with Gasteiger partial charge < -0.3 is 16.4 Å². The van der Waals surface area contributed by atoms with Crippen molar-refractivity contribution in [1.82, 2.24) is 10.3 Å². The number of nitrogen functional groups attached to an aromatic ring is 1. The summed E-state index contributed by atoms with van der Waals surface area (Å²) in [4.78, 5) is 16.7. The SMILES string of the molecule is CCNc1nc(N)c(C(=O)NC(C)CCSCC)s1. The van der Waals surface area contributed by atoms with Gasteiger partial charge in [-0.05, 0) is 31.8 Å². The number of amides is 1. The predicted molar refractivity (Wildman–Crippen MR) is 85.2 cm³/mol. The fourth-order valence-electron chi connectivity index (χ4n) is 1.49. The van der Waals surface area contributed by atoms with Gasteiger partial charge >= 0.3 is 0 Å². The van der Waals surface area contributed by atoms with Crippen LogP contribution in [0.25, 0.3) is 0 Å². The minimum absolute atomic E-state index is 0.131. The van der Waals surface area contributed by atoms with Crippen LogP contribution in [0.3, 0.4) is 0 Å². The summed E-state index contributed by atoms with van der Waals surface area (Å²) in [5.74, 6) is 2.33. The molecule has 0 saturated carbocycles. The molecule has 108 valence electrons. The summed E-state index contributed by atoms with van der Waals surface area (Å²) in [6, 6.07) is 0.149. The van der Waals surface area contributed by atoms with E-state index >= 15 is 0 Å². The molecule has 4 N–H and O–H groups in total. The second-order valence-electron chi connectivity index (χ2n) is 4.12. The smallest absolute Gasteiger partial charge is 0.265 e. The van der Waals surface area contributed by atoms with Gasteiger partial charge in [-0.3, -0.25) is 4.79 Å². The van der Waals surface area contributed by atoms with E-state index in [2.05, 4.69) is 22.5 Å². The Morgan fingerprint density at radius 3 is 2.89 bits per heavy atom. The highest BCUT2D eigenvalue weighted by Crippen LogP contribution is 2.24. The third-order valence-corrected chi connectivity index (χ3v) is 4.42. The Hall–Kier alpha value is -0.950. The van der Waals surface area contributed by atoms with E-state index in [9.17, 15) is 4.79 Å². The number of nitrogens with zero attached hydrogens (tertiary/aromatic N) is 1. The second kappa shape index (κ2) is 8.27. The standard InChI is InChI=1S/C12H22N4OS2/c1-4-14-12-16-10(13)9(19-12)11(17)15-8(3)6-7-18-5-2/h8H,4-7,13H2,1-3H3,(H,14,16)(H,15,17). The van der Waals surface area contributed by atoms with Crippen LogP contribution in [-0.2, 0) is 0 Å². The summed E-state index contributed by atoms with van der Waals surface area (Å²) in [5, 5.41) is 6.72. The van der Waals surface area contributed by atoms with Crippen molar-refractivity contribution in [2.75, 3.05) is 29.1 Å². The quantitative estimate of drug-likeness (QED) is 0.643. The van der Waals surface area contributed by atoms with E-state index in [-0.39, 0.29) is 11.9 Å². The van der Waals surface area contributed by atoms with Crippen molar-refractivity contribution in [2.45, 2.75) is 33.2 Å². The average Bonchev–Trinajstić information content (AvgIpc) is 2.71. The Bertz CT molecular complexity index is 408. The average molecular weight is 302 g/mol. The summed E-state index contributed by atoms with van der Waals surface area (Å²) >= 11 is 3.18. The third kappa shape index (κ3) is 5.28. The first-order valence-electron chi connectivity index (χ1n) is 6.47. The zero-order valence-corrected chi connectivity index (χ0v) is 13.3. The maximum absolute atomic E-state index is 12.1. The lowest BCUT2D eigenvalue weighted by atomic mass is 10.2. The highest BCUT2D eigenvalue weighted by atomic mass is 32.2. The maximum Gasteiger partial charge on any atom is 0.265 e. The summed E-state index contributed by atoms with van der Waals surface area (Å²) in [5.41, 5.74) is 5.76. The fourth-order valence-corrected chi connectivity index (χ4v) is 3.15. The molecule has 1 unspecified atom stereocenters. The number of hydrogen-bond acceptors (Lipinski definition) is 6. The number of thioether (sulfide) groups is 1. The van der Waals surface area contributed by atoms with Crippen molar-refractivity contribution in [3.63, 3.8) is 0 Å². The van der Waals surface area contributed by atoms with Crippen LogP contribution in [0.1, 0.15) is 36.9 Å². The Morgan fingerprint density at radius 1 is 1.53 bits per heavy atom. The van der Waals surface area contributed by atoms with E-state index in [1.165, 1.54) is 11.3 Å². The van der Waals surface area contributed by atoms with Gasteiger partial charge in [0.25, 0.3) is 5.91 Å². The topological polar surface area (TPSA) is 80.0 Å². The lowest BCUT2D eigenvalue weighted by Gasteiger charge is -2.12. The van der Waals surface area contributed by atoms with Crippen molar-refractivity contribution in [3.05, 3.63) is 4.88 Å². The molecule has 0 radical (unpaired) electrons. The summed E-state index contributed by atoms with van der Waals surface area (Å²) < 4.78 is 0. The van der Waals surface area contributed by atoms with Gasteiger partial charge in [-0.1, -0.05) is 18.3 Å². The first-order chi connectivity index (χ1) is 9.08. The normalized spacial score (nSPS) is 12.2.